The van der Waals surface area contributed by atoms with Crippen LogP contribution in [0.15, 0.2) is 24.3 Å². The molecular formula is C29H41N3O6. The van der Waals surface area contributed by atoms with Crippen molar-refractivity contribution in [3.05, 3.63) is 30.0 Å². The third kappa shape index (κ3) is 7.58. The highest BCUT2D eigenvalue weighted by molar-refractivity contribution is 5.98. The molecule has 0 aliphatic heterocycles. The van der Waals surface area contributed by atoms with Crippen molar-refractivity contribution < 1.29 is 28.6 Å². The van der Waals surface area contributed by atoms with Gasteiger partial charge in [0, 0.05) is 13.0 Å². The second kappa shape index (κ2) is 14.0. The van der Waals surface area contributed by atoms with E-state index in [1.165, 1.54) is 13.5 Å². The lowest BCUT2D eigenvalue weighted by atomic mass is 9.83. The van der Waals surface area contributed by atoms with Gasteiger partial charge in [0.1, 0.15) is 11.5 Å². The van der Waals surface area contributed by atoms with Crippen LogP contribution in [0, 0.1) is 11.8 Å². The minimum absolute atomic E-state index is 0.00682. The number of ether oxygens (including phenoxy) is 3. The van der Waals surface area contributed by atoms with E-state index in [1.807, 2.05) is 18.2 Å². The molecule has 0 spiro atoms. The van der Waals surface area contributed by atoms with E-state index in [-0.39, 0.29) is 30.2 Å². The van der Waals surface area contributed by atoms with Crippen molar-refractivity contribution in [2.75, 3.05) is 21.3 Å². The van der Waals surface area contributed by atoms with Crippen LogP contribution in [0.4, 0.5) is 0 Å². The number of amides is 1. The molecule has 38 heavy (non-hydrogen) atoms. The average molecular weight is 528 g/mol. The van der Waals surface area contributed by atoms with Gasteiger partial charge in [-0.2, -0.15) is 5.10 Å². The number of esters is 1. The highest BCUT2D eigenvalue weighted by Crippen LogP contribution is 2.39. The van der Waals surface area contributed by atoms with E-state index < -0.39 is 17.9 Å². The summed E-state index contributed by atoms with van der Waals surface area (Å²) in [5, 5.41) is 7.58. The Hall–Kier alpha value is -3.36. The van der Waals surface area contributed by atoms with E-state index in [0.29, 0.717) is 41.6 Å². The second-order valence-electron chi connectivity index (χ2n) is 10.3. The number of carbonyl (C=O) groups excluding carboxylic acids is 3. The van der Waals surface area contributed by atoms with Gasteiger partial charge >= 0.3 is 5.97 Å². The van der Waals surface area contributed by atoms with Crippen molar-refractivity contribution in [1.29, 1.82) is 0 Å². The van der Waals surface area contributed by atoms with Crippen LogP contribution in [0.2, 0.25) is 0 Å². The van der Waals surface area contributed by atoms with Gasteiger partial charge in [0.25, 0.3) is 5.91 Å². The summed E-state index contributed by atoms with van der Waals surface area (Å²) in [5.74, 6) is 0.817. The number of aromatic nitrogens is 2. The SMILES string of the molecule is COC(=O)CCC(=O)[C@H](CC1CCCCC1)NC(=O)c1cc(-c2c(OC)cccc2OC)n(CC(C)C)n1. The molecule has 1 aliphatic rings. The zero-order chi connectivity index (χ0) is 27.7. The first-order chi connectivity index (χ1) is 18.3. The minimum Gasteiger partial charge on any atom is -0.496 e. The lowest BCUT2D eigenvalue weighted by Gasteiger charge is -2.26. The summed E-state index contributed by atoms with van der Waals surface area (Å²) in [4.78, 5) is 38.3. The molecule has 0 unspecified atom stereocenters. The van der Waals surface area contributed by atoms with E-state index in [1.54, 1.807) is 25.0 Å². The van der Waals surface area contributed by atoms with Crippen LogP contribution in [-0.2, 0) is 20.9 Å². The summed E-state index contributed by atoms with van der Waals surface area (Å²) in [5.41, 5.74) is 1.61. The maximum atomic E-state index is 13.5. The van der Waals surface area contributed by atoms with Crippen LogP contribution < -0.4 is 14.8 Å². The number of rotatable bonds is 13. The first-order valence-corrected chi connectivity index (χ1v) is 13.5. The number of ketones is 1. The molecule has 1 heterocycles. The fourth-order valence-corrected chi connectivity index (χ4v) is 5.08. The number of methoxy groups -OCH3 is 3. The molecule has 9 heteroatoms. The highest BCUT2D eigenvalue weighted by atomic mass is 16.5. The van der Waals surface area contributed by atoms with Crippen molar-refractivity contribution in [1.82, 2.24) is 15.1 Å². The highest BCUT2D eigenvalue weighted by Gasteiger charge is 2.28. The van der Waals surface area contributed by atoms with E-state index in [2.05, 4.69) is 24.3 Å². The molecule has 0 radical (unpaired) electrons. The van der Waals surface area contributed by atoms with Gasteiger partial charge in [-0.1, -0.05) is 52.0 Å². The molecule has 1 aromatic heterocycles. The van der Waals surface area contributed by atoms with Gasteiger partial charge in [-0.25, -0.2) is 0 Å². The lowest BCUT2D eigenvalue weighted by Crippen LogP contribution is -2.42. The molecule has 1 amide bonds. The summed E-state index contributed by atoms with van der Waals surface area (Å²) in [6.07, 6.45) is 6.12. The zero-order valence-corrected chi connectivity index (χ0v) is 23.2. The first-order valence-electron chi connectivity index (χ1n) is 13.5. The number of carbonyl (C=O) groups is 3. The van der Waals surface area contributed by atoms with Crippen molar-refractivity contribution >= 4 is 17.7 Å². The van der Waals surface area contributed by atoms with E-state index >= 15 is 0 Å². The minimum atomic E-state index is -0.685. The Balaban J connectivity index is 1.91. The van der Waals surface area contributed by atoms with Gasteiger partial charge in [0.15, 0.2) is 11.5 Å². The summed E-state index contributed by atoms with van der Waals surface area (Å²) >= 11 is 0. The van der Waals surface area contributed by atoms with Gasteiger partial charge in [0.2, 0.25) is 0 Å². The lowest BCUT2D eigenvalue weighted by molar-refractivity contribution is -0.142. The van der Waals surface area contributed by atoms with Gasteiger partial charge in [0.05, 0.1) is 45.0 Å². The van der Waals surface area contributed by atoms with Gasteiger partial charge in [-0.15, -0.1) is 0 Å². The Bertz CT molecular complexity index is 1080. The fourth-order valence-electron chi connectivity index (χ4n) is 5.08. The molecule has 1 saturated carbocycles. The molecule has 1 N–H and O–H groups in total. The van der Waals surface area contributed by atoms with E-state index in [9.17, 15) is 14.4 Å². The summed E-state index contributed by atoms with van der Waals surface area (Å²) < 4.78 is 17.7. The molecule has 208 valence electrons. The monoisotopic (exact) mass is 527 g/mol. The Labute approximate surface area is 225 Å². The number of nitrogens with zero attached hydrogens (tertiary/aromatic N) is 2. The quantitative estimate of drug-likeness (QED) is 0.372. The van der Waals surface area contributed by atoms with Crippen LogP contribution >= 0.6 is 0 Å². The Morgan fingerprint density at radius 3 is 2.26 bits per heavy atom. The fraction of sp³-hybridized carbons (Fsp3) is 0.586. The van der Waals surface area contributed by atoms with Crippen LogP contribution in [0.1, 0.15) is 75.7 Å². The molecule has 0 saturated heterocycles. The molecule has 1 fully saturated rings. The average Bonchev–Trinajstić information content (AvgIpc) is 3.33. The second-order valence-corrected chi connectivity index (χ2v) is 10.3. The maximum absolute atomic E-state index is 13.5. The largest absolute Gasteiger partial charge is 0.496 e. The summed E-state index contributed by atoms with van der Waals surface area (Å²) in [7, 11) is 4.48. The van der Waals surface area contributed by atoms with E-state index in [4.69, 9.17) is 14.2 Å². The number of hydrogen-bond acceptors (Lipinski definition) is 7. The van der Waals surface area contributed by atoms with Gasteiger partial charge in [-0.05, 0) is 36.5 Å². The molecule has 3 rings (SSSR count). The predicted octanol–water partition coefficient (Wildman–Crippen LogP) is 4.81. The number of hydrogen-bond donors (Lipinski definition) is 1. The van der Waals surface area contributed by atoms with Crippen molar-refractivity contribution in [3.8, 4) is 22.8 Å². The van der Waals surface area contributed by atoms with Crippen molar-refractivity contribution in [2.45, 2.75) is 77.8 Å². The molecular weight excluding hydrogens is 486 g/mol. The third-order valence-electron chi connectivity index (χ3n) is 7.03. The summed E-state index contributed by atoms with van der Waals surface area (Å²) in [6, 6.07) is 6.55. The molecule has 1 aliphatic carbocycles. The number of Topliss-reactive ketones (excluding diaryl/α,β-unsaturated/α-hetero) is 1. The van der Waals surface area contributed by atoms with Crippen LogP contribution in [0.5, 0.6) is 11.5 Å². The number of benzene rings is 1. The topological polar surface area (TPSA) is 109 Å². The first kappa shape index (κ1) is 29.2. The normalized spacial score (nSPS) is 14.7. The Morgan fingerprint density at radius 1 is 1.03 bits per heavy atom. The van der Waals surface area contributed by atoms with E-state index in [0.717, 1.165) is 25.7 Å². The third-order valence-corrected chi connectivity index (χ3v) is 7.03. The van der Waals surface area contributed by atoms with Crippen LogP contribution in [-0.4, -0.2) is 54.8 Å². The Morgan fingerprint density at radius 2 is 1.68 bits per heavy atom. The molecule has 1 atom stereocenters. The maximum Gasteiger partial charge on any atom is 0.305 e. The van der Waals surface area contributed by atoms with Crippen LogP contribution in [0.3, 0.4) is 0 Å². The molecule has 2 aromatic rings. The van der Waals surface area contributed by atoms with Crippen LogP contribution in [0.25, 0.3) is 11.3 Å². The molecule has 1 aromatic carbocycles. The predicted molar refractivity (Wildman–Crippen MR) is 144 cm³/mol. The molecule has 9 nitrogen and oxygen atoms in total. The zero-order valence-electron chi connectivity index (χ0n) is 23.2. The standard InChI is InChI=1S/C29H41N3O6/c1-19(2)18-32-23(28-25(36-3)12-9-13-26(28)37-4)17-22(31-32)29(35)30-21(16-20-10-7-6-8-11-20)24(33)14-15-27(34)38-5/h9,12-13,17,19-21H,6-8,10-11,14-16,18H2,1-5H3,(H,30,35)/t21-/m0/s1. The summed E-state index contributed by atoms with van der Waals surface area (Å²) in [6.45, 7) is 4.73. The smallest absolute Gasteiger partial charge is 0.305 e. The van der Waals surface area contributed by atoms with Crippen molar-refractivity contribution in [3.63, 3.8) is 0 Å². The molecule has 0 bridgehead atoms. The van der Waals surface area contributed by atoms with Gasteiger partial charge < -0.3 is 19.5 Å². The van der Waals surface area contributed by atoms with Gasteiger partial charge in [-0.3, -0.25) is 19.1 Å². The van der Waals surface area contributed by atoms with Crippen molar-refractivity contribution in [2.24, 2.45) is 11.8 Å². The Kier molecular flexibility index (Phi) is 10.7. The number of nitrogens with one attached hydrogen (secondary N) is 1.